The third kappa shape index (κ3) is 63.8. The van der Waals surface area contributed by atoms with Gasteiger partial charge >= 0.3 is 19.8 Å². The predicted molar refractivity (Wildman–Crippen MR) is 344 cm³/mol. The van der Waals surface area contributed by atoms with Crippen LogP contribution in [0.3, 0.4) is 0 Å². The average molecular weight is 1140 g/mol. The maximum absolute atomic E-state index is 12.8. The second kappa shape index (κ2) is 60.3. The topological polar surface area (TPSA) is 108 Å². The highest BCUT2D eigenvalue weighted by Crippen LogP contribution is 2.43. The molecule has 0 aliphatic rings. The van der Waals surface area contributed by atoms with E-state index in [4.69, 9.17) is 18.5 Å². The molecule has 0 radical (unpaired) electrons. The van der Waals surface area contributed by atoms with Crippen molar-refractivity contribution in [3.63, 3.8) is 0 Å². The fourth-order valence-corrected chi connectivity index (χ4v) is 9.57. The van der Waals surface area contributed by atoms with Crippen LogP contribution in [0.1, 0.15) is 271 Å². The van der Waals surface area contributed by atoms with Crippen LogP contribution in [0.2, 0.25) is 0 Å². The van der Waals surface area contributed by atoms with Crippen LogP contribution in [0.15, 0.2) is 109 Å². The molecule has 0 fully saturated rings. The minimum Gasteiger partial charge on any atom is -0.462 e. The molecule has 0 aromatic carbocycles. The summed E-state index contributed by atoms with van der Waals surface area (Å²) in [5.41, 5.74) is 0. The highest BCUT2D eigenvalue weighted by Gasteiger charge is 2.27. The number of ether oxygens (including phenoxy) is 2. The first-order chi connectivity index (χ1) is 39.0. The monoisotopic (exact) mass is 1140 g/mol. The molecule has 0 heterocycles. The minimum atomic E-state index is -4.40. The number of nitrogens with zero attached hydrogens (tertiary/aromatic N) is 1. The molecule has 0 aromatic heterocycles. The van der Waals surface area contributed by atoms with E-state index >= 15 is 0 Å². The normalized spacial score (nSPS) is 13.9. The number of phosphoric ester groups is 1. The van der Waals surface area contributed by atoms with Gasteiger partial charge in [-0.2, -0.15) is 0 Å². The molecule has 9 nitrogen and oxygen atoms in total. The summed E-state index contributed by atoms with van der Waals surface area (Å²) in [6.07, 6.45) is 84.6. The Morgan fingerprint density at radius 1 is 0.400 bits per heavy atom. The van der Waals surface area contributed by atoms with Gasteiger partial charge in [0.15, 0.2) is 6.10 Å². The smallest absolute Gasteiger partial charge is 0.462 e. The van der Waals surface area contributed by atoms with E-state index in [2.05, 4.69) is 123 Å². The maximum atomic E-state index is 12.8. The first-order valence-corrected chi connectivity index (χ1v) is 34.1. The molecule has 0 rings (SSSR count). The molecule has 0 spiro atoms. The number of allylic oxidation sites excluding steroid dienone is 18. The summed E-state index contributed by atoms with van der Waals surface area (Å²) in [4.78, 5) is 35.8. The van der Waals surface area contributed by atoms with Gasteiger partial charge in [0.05, 0.1) is 27.7 Å². The molecule has 0 bridgehead atoms. The third-order valence-electron chi connectivity index (χ3n) is 13.8. The fraction of sp³-hybridized carbons (Fsp3) is 0.714. The van der Waals surface area contributed by atoms with E-state index in [1.54, 1.807) is 0 Å². The van der Waals surface area contributed by atoms with Gasteiger partial charge in [-0.05, 0) is 83.5 Å². The number of hydrogen-bond donors (Lipinski definition) is 1. The van der Waals surface area contributed by atoms with E-state index in [0.717, 1.165) is 109 Å². The van der Waals surface area contributed by atoms with Gasteiger partial charge in [-0.25, -0.2) is 4.57 Å². The largest absolute Gasteiger partial charge is 0.472 e. The average Bonchev–Trinajstić information content (AvgIpc) is 3.42. The molecule has 0 amide bonds. The van der Waals surface area contributed by atoms with E-state index in [1.807, 2.05) is 21.1 Å². The molecule has 460 valence electrons. The van der Waals surface area contributed by atoms with Crippen molar-refractivity contribution in [3.8, 4) is 0 Å². The summed E-state index contributed by atoms with van der Waals surface area (Å²) < 4.78 is 34.6. The van der Waals surface area contributed by atoms with Crippen LogP contribution in [0.25, 0.3) is 0 Å². The highest BCUT2D eigenvalue weighted by molar-refractivity contribution is 7.47. The SMILES string of the molecule is CC/C=C\C/C=C\C/C=C\C/C=C\C/C=C\C/C=C\C/C=C\C/C=C\C/C=C\CCCCCCCC(=O)OC(COC(=O)CCCCCCCCCCCCCCCCCCCCCCCCC)COP(=O)(O)OCC[N+](C)(C)C. The van der Waals surface area contributed by atoms with Crippen LogP contribution in [0.4, 0.5) is 0 Å². The Labute approximate surface area is 493 Å². The van der Waals surface area contributed by atoms with E-state index in [0.29, 0.717) is 17.4 Å². The Morgan fingerprint density at radius 2 is 0.713 bits per heavy atom. The lowest BCUT2D eigenvalue weighted by atomic mass is 10.0. The van der Waals surface area contributed by atoms with E-state index in [-0.39, 0.29) is 32.0 Å². The standard InChI is InChI=1S/C70H122NO8P/c1-6-8-10-12-14-16-18-20-22-24-26-28-30-31-32-33-34-35-36-37-38-39-41-43-45-47-49-51-53-55-57-59-61-63-70(73)79-68(67-78-80(74,75)77-65-64-71(3,4)5)66-76-69(72)62-60-58-56-54-52-50-48-46-44-42-40-29-27-25-23-21-19-17-15-13-11-9-7-2/h8,10,14,16,20,22,26,28,31-32,34-35,37-38,41,43,47,49,68H,6-7,9,11-13,15,17-19,21,23-25,27,29-30,33,36,39-40,42,44-46,48,50-67H2,1-5H3/p+1/b10-8-,16-14-,22-20-,28-26-,32-31-,35-34-,38-37-,43-41-,49-47-. The number of unbranched alkanes of at least 4 members (excludes halogenated alkanes) is 27. The third-order valence-corrected chi connectivity index (χ3v) is 14.8. The molecule has 10 heteroatoms. The summed E-state index contributed by atoms with van der Waals surface area (Å²) in [6.45, 7) is 4.32. The minimum absolute atomic E-state index is 0.0235. The first-order valence-electron chi connectivity index (χ1n) is 32.6. The van der Waals surface area contributed by atoms with E-state index in [1.165, 1.54) is 128 Å². The molecule has 2 unspecified atom stereocenters. The summed E-state index contributed by atoms with van der Waals surface area (Å²) in [7, 11) is 1.46. The zero-order valence-electron chi connectivity index (χ0n) is 52.3. The Morgan fingerprint density at radius 3 is 1.06 bits per heavy atom. The van der Waals surface area contributed by atoms with Crippen molar-refractivity contribution >= 4 is 19.8 Å². The Balaban J connectivity index is 4.18. The Bertz CT molecular complexity index is 1720. The van der Waals surface area contributed by atoms with Crippen molar-refractivity contribution in [2.45, 2.75) is 277 Å². The van der Waals surface area contributed by atoms with Gasteiger partial charge in [0.25, 0.3) is 0 Å². The van der Waals surface area contributed by atoms with Gasteiger partial charge in [0.1, 0.15) is 19.8 Å². The molecule has 0 aromatic rings. The number of esters is 2. The van der Waals surface area contributed by atoms with Gasteiger partial charge in [0, 0.05) is 12.8 Å². The van der Waals surface area contributed by atoms with E-state index < -0.39 is 26.5 Å². The zero-order valence-corrected chi connectivity index (χ0v) is 53.2. The van der Waals surface area contributed by atoms with Crippen LogP contribution < -0.4 is 0 Å². The van der Waals surface area contributed by atoms with Crippen LogP contribution >= 0.6 is 7.82 Å². The molecule has 0 saturated carbocycles. The van der Waals surface area contributed by atoms with Gasteiger partial charge in [-0.1, -0.05) is 284 Å². The maximum Gasteiger partial charge on any atom is 0.472 e. The number of carbonyl (C=O) groups is 2. The quantitative estimate of drug-likeness (QED) is 0.0211. The summed E-state index contributed by atoms with van der Waals surface area (Å²) in [5, 5.41) is 0. The number of hydrogen-bond acceptors (Lipinski definition) is 7. The molecule has 2 atom stereocenters. The van der Waals surface area contributed by atoms with Gasteiger partial charge in [-0.3, -0.25) is 18.6 Å². The first kappa shape index (κ1) is 76.7. The lowest BCUT2D eigenvalue weighted by Gasteiger charge is -2.24. The molecule has 0 aliphatic heterocycles. The Kier molecular flexibility index (Phi) is 57.8. The number of quaternary nitrogens is 1. The molecular weight excluding hydrogens is 1010 g/mol. The van der Waals surface area contributed by atoms with Gasteiger partial charge < -0.3 is 18.9 Å². The number of phosphoric acid groups is 1. The molecule has 1 N–H and O–H groups in total. The fourth-order valence-electron chi connectivity index (χ4n) is 8.83. The van der Waals surface area contributed by atoms with Crippen molar-refractivity contribution in [1.82, 2.24) is 0 Å². The summed E-state index contributed by atoms with van der Waals surface area (Å²) >= 11 is 0. The van der Waals surface area contributed by atoms with Crippen LogP contribution in [-0.4, -0.2) is 74.9 Å². The van der Waals surface area contributed by atoms with Crippen molar-refractivity contribution < 1.29 is 42.1 Å². The van der Waals surface area contributed by atoms with Crippen LogP contribution in [-0.2, 0) is 32.7 Å². The lowest BCUT2D eigenvalue weighted by molar-refractivity contribution is -0.870. The number of rotatable bonds is 59. The molecule has 80 heavy (non-hydrogen) atoms. The van der Waals surface area contributed by atoms with Crippen molar-refractivity contribution in [2.75, 3.05) is 47.5 Å². The van der Waals surface area contributed by atoms with Crippen LogP contribution in [0.5, 0.6) is 0 Å². The number of carbonyl (C=O) groups excluding carboxylic acids is 2. The second-order valence-electron chi connectivity index (χ2n) is 22.8. The van der Waals surface area contributed by atoms with Gasteiger partial charge in [0.2, 0.25) is 0 Å². The predicted octanol–water partition coefficient (Wildman–Crippen LogP) is 20.9. The second-order valence-corrected chi connectivity index (χ2v) is 24.2. The van der Waals surface area contributed by atoms with Crippen molar-refractivity contribution in [1.29, 1.82) is 0 Å². The lowest BCUT2D eigenvalue weighted by Crippen LogP contribution is -2.37. The number of likely N-dealkylation sites (N-methyl/N-ethyl adjacent to an activating group) is 1. The molecule has 0 aliphatic carbocycles. The zero-order chi connectivity index (χ0) is 58.4. The summed E-state index contributed by atoms with van der Waals surface area (Å²) in [6, 6.07) is 0. The summed E-state index contributed by atoms with van der Waals surface area (Å²) in [5.74, 6) is -0.816. The Hall–Kier alpha value is -3.33. The van der Waals surface area contributed by atoms with Crippen molar-refractivity contribution in [2.24, 2.45) is 0 Å². The van der Waals surface area contributed by atoms with Gasteiger partial charge in [-0.15, -0.1) is 0 Å². The van der Waals surface area contributed by atoms with Crippen molar-refractivity contribution in [3.05, 3.63) is 109 Å². The molecular formula is C70H123NO8P+. The molecule has 0 saturated heterocycles. The van der Waals surface area contributed by atoms with Crippen LogP contribution in [0, 0.1) is 0 Å². The van der Waals surface area contributed by atoms with E-state index in [9.17, 15) is 19.0 Å². The highest BCUT2D eigenvalue weighted by atomic mass is 31.2.